The van der Waals surface area contributed by atoms with Gasteiger partial charge >= 0.3 is 12.3 Å². The van der Waals surface area contributed by atoms with Crippen LogP contribution in [0.3, 0.4) is 0 Å². The quantitative estimate of drug-likeness (QED) is 0.221. The maximum absolute atomic E-state index is 12.9. The van der Waals surface area contributed by atoms with Crippen LogP contribution in [0.4, 0.5) is 30.6 Å². The Bertz CT molecular complexity index is 1270. The van der Waals surface area contributed by atoms with Gasteiger partial charge in [-0.15, -0.1) is 0 Å². The Balaban J connectivity index is 1.66. The van der Waals surface area contributed by atoms with Gasteiger partial charge in [-0.25, -0.2) is 0 Å². The van der Waals surface area contributed by atoms with Crippen molar-refractivity contribution in [1.82, 2.24) is 19.7 Å². The molecule has 0 saturated heterocycles. The van der Waals surface area contributed by atoms with Crippen LogP contribution in [-0.4, -0.2) is 41.6 Å². The number of nitrogens with one attached hydrogen (secondary N) is 2. The zero-order chi connectivity index (χ0) is 24.5. The van der Waals surface area contributed by atoms with Crippen LogP contribution in [0.2, 0.25) is 0 Å². The van der Waals surface area contributed by atoms with E-state index in [1.807, 2.05) is 30.3 Å². The molecule has 13 heteroatoms. The molecule has 0 fully saturated rings. The number of hydrogen-bond acceptors (Lipinski definition) is 9. The zero-order valence-electron chi connectivity index (χ0n) is 17.4. The Kier molecular flexibility index (Phi) is 6.10. The molecule has 0 spiro atoms. The normalized spacial score (nSPS) is 13.1. The summed E-state index contributed by atoms with van der Waals surface area (Å²) in [6, 6.07) is 13.0. The number of aliphatic hydroxyl groups is 3. The average Bonchev–Trinajstić information content (AvgIpc) is 3.23. The van der Waals surface area contributed by atoms with E-state index in [2.05, 4.69) is 25.7 Å². The molecule has 2 aromatic heterocycles. The van der Waals surface area contributed by atoms with Crippen molar-refractivity contribution in [1.29, 1.82) is 0 Å². The lowest BCUT2D eigenvalue weighted by Gasteiger charge is -2.17. The van der Waals surface area contributed by atoms with Gasteiger partial charge in [-0.3, -0.25) is 0 Å². The highest BCUT2D eigenvalue weighted by Crippen LogP contribution is 2.31. The van der Waals surface area contributed by atoms with Gasteiger partial charge in [0.2, 0.25) is 5.95 Å². The first-order chi connectivity index (χ1) is 16.0. The Morgan fingerprint density at radius 3 is 2.26 bits per heavy atom. The average molecular weight is 475 g/mol. The largest absolute Gasteiger partial charge is 0.416 e. The second-order valence-corrected chi connectivity index (χ2v) is 7.39. The van der Waals surface area contributed by atoms with E-state index in [9.17, 15) is 28.5 Å². The van der Waals surface area contributed by atoms with E-state index in [0.717, 1.165) is 17.7 Å². The van der Waals surface area contributed by atoms with Gasteiger partial charge in [0.25, 0.3) is 0 Å². The van der Waals surface area contributed by atoms with Gasteiger partial charge in [0.05, 0.1) is 17.1 Å². The van der Waals surface area contributed by atoms with Crippen molar-refractivity contribution < 1.29 is 28.5 Å². The summed E-state index contributed by atoms with van der Waals surface area (Å²) in [4.78, 5) is 8.49. The Labute approximate surface area is 190 Å². The summed E-state index contributed by atoms with van der Waals surface area (Å²) < 4.78 is 39.0. The molecule has 7 N–H and O–H groups in total. The van der Waals surface area contributed by atoms with Crippen molar-refractivity contribution in [3.8, 4) is 0 Å². The fourth-order valence-corrected chi connectivity index (χ4v) is 3.20. The first kappa shape index (κ1) is 23.4. The van der Waals surface area contributed by atoms with Crippen molar-refractivity contribution in [3.05, 3.63) is 71.9 Å². The standard InChI is InChI=1S/C21H20F3N7O3/c22-20(23,24)13-6-8-14(9-7-13)28-17-15-10-27-31(21(32,33)34)18(15)30-19(29-17)26-11-16(25)12-4-2-1-3-5-12/h1-10,16,32-34H,11,25H2,(H2,26,28,29,30). The van der Waals surface area contributed by atoms with E-state index in [-0.39, 0.29) is 35.0 Å². The van der Waals surface area contributed by atoms with Crippen LogP contribution < -0.4 is 16.4 Å². The highest BCUT2D eigenvalue weighted by Gasteiger charge is 2.30. The van der Waals surface area contributed by atoms with E-state index >= 15 is 0 Å². The third-order valence-corrected chi connectivity index (χ3v) is 4.90. The third kappa shape index (κ3) is 5.07. The van der Waals surface area contributed by atoms with Crippen LogP contribution in [0.5, 0.6) is 0 Å². The number of hydrogen-bond donors (Lipinski definition) is 6. The molecule has 0 saturated carbocycles. The van der Waals surface area contributed by atoms with Gasteiger partial charge in [-0.1, -0.05) is 30.3 Å². The van der Waals surface area contributed by atoms with Gasteiger partial charge in [0.15, 0.2) is 5.65 Å². The molecule has 0 bridgehead atoms. The fraction of sp³-hybridized carbons (Fsp3) is 0.190. The van der Waals surface area contributed by atoms with E-state index < -0.39 is 23.9 Å². The molecule has 0 aliphatic heterocycles. The molecule has 4 rings (SSSR count). The van der Waals surface area contributed by atoms with E-state index in [4.69, 9.17) is 5.73 Å². The Morgan fingerprint density at radius 2 is 1.65 bits per heavy atom. The number of fused-ring (bicyclic) bond motifs is 1. The second kappa shape index (κ2) is 8.87. The summed E-state index contributed by atoms with van der Waals surface area (Å²) in [6.07, 6.45) is -6.67. The number of alkyl halides is 3. The maximum Gasteiger partial charge on any atom is 0.416 e. The number of aromatic nitrogens is 4. The lowest BCUT2D eigenvalue weighted by atomic mass is 10.1. The Morgan fingerprint density at radius 1 is 0.971 bits per heavy atom. The highest BCUT2D eigenvalue weighted by molar-refractivity contribution is 5.89. The molecule has 0 radical (unpaired) electrons. The van der Waals surface area contributed by atoms with Crippen LogP contribution in [-0.2, 0) is 12.3 Å². The van der Waals surface area contributed by atoms with Crippen LogP contribution in [0.1, 0.15) is 17.2 Å². The van der Waals surface area contributed by atoms with Gasteiger partial charge in [-0.05, 0) is 29.8 Å². The summed E-state index contributed by atoms with van der Waals surface area (Å²) in [5.41, 5.74) is 6.33. The summed E-state index contributed by atoms with van der Waals surface area (Å²) in [5.74, 6) is 0.0929. The minimum Gasteiger partial charge on any atom is -0.352 e. The number of anilines is 3. The van der Waals surface area contributed by atoms with Gasteiger partial charge < -0.3 is 31.7 Å². The molecule has 1 atom stereocenters. The molecular weight excluding hydrogens is 455 g/mol. The van der Waals surface area contributed by atoms with Crippen molar-refractivity contribution in [2.75, 3.05) is 17.2 Å². The fourth-order valence-electron chi connectivity index (χ4n) is 3.20. The lowest BCUT2D eigenvalue weighted by molar-refractivity contribution is -0.378. The molecule has 4 aromatic rings. The number of benzene rings is 2. The van der Waals surface area contributed by atoms with Crippen LogP contribution in [0.25, 0.3) is 11.0 Å². The number of nitrogens with two attached hydrogens (primary N) is 1. The highest BCUT2D eigenvalue weighted by atomic mass is 19.4. The molecule has 0 aliphatic rings. The first-order valence-electron chi connectivity index (χ1n) is 9.94. The summed E-state index contributed by atoms with van der Waals surface area (Å²) in [5, 5.41) is 38.5. The molecule has 0 aliphatic carbocycles. The maximum atomic E-state index is 12.9. The Hall–Kier alpha value is -3.78. The SMILES string of the molecule is NC(CNc1nc(Nc2ccc(C(F)(F)F)cc2)c2cnn(C(O)(O)O)c2n1)c1ccccc1. The number of rotatable bonds is 7. The van der Waals surface area contributed by atoms with Crippen molar-refractivity contribution in [3.63, 3.8) is 0 Å². The van der Waals surface area contributed by atoms with E-state index in [1.165, 1.54) is 18.3 Å². The summed E-state index contributed by atoms with van der Waals surface area (Å²) >= 11 is 0. The van der Waals surface area contributed by atoms with E-state index in [0.29, 0.717) is 4.68 Å². The smallest absolute Gasteiger partial charge is 0.352 e. The van der Waals surface area contributed by atoms with Crippen molar-refractivity contribution >= 4 is 28.5 Å². The van der Waals surface area contributed by atoms with Crippen LogP contribution in [0, 0.1) is 0 Å². The van der Waals surface area contributed by atoms with Crippen molar-refractivity contribution in [2.24, 2.45) is 5.73 Å². The predicted molar refractivity (Wildman–Crippen MR) is 117 cm³/mol. The summed E-state index contributed by atoms with van der Waals surface area (Å²) in [6.45, 7) is 0.200. The molecule has 10 nitrogen and oxygen atoms in total. The first-order valence-corrected chi connectivity index (χ1v) is 9.94. The van der Waals surface area contributed by atoms with Crippen molar-refractivity contribution in [2.45, 2.75) is 18.3 Å². The van der Waals surface area contributed by atoms with Gasteiger partial charge in [0, 0.05) is 18.3 Å². The minimum atomic E-state index is -4.48. The van der Waals surface area contributed by atoms with Gasteiger partial charge in [-0.2, -0.15) is 32.9 Å². The second-order valence-electron chi connectivity index (χ2n) is 7.39. The van der Waals surface area contributed by atoms with Crippen LogP contribution >= 0.6 is 0 Å². The predicted octanol–water partition coefficient (Wildman–Crippen LogP) is 2.25. The molecule has 1 unspecified atom stereocenters. The molecular formula is C21H20F3N7O3. The monoisotopic (exact) mass is 475 g/mol. The number of nitrogens with zero attached hydrogens (tertiary/aromatic N) is 4. The van der Waals surface area contributed by atoms with Crippen LogP contribution in [0.15, 0.2) is 60.8 Å². The molecule has 2 heterocycles. The molecule has 178 valence electrons. The lowest BCUT2D eigenvalue weighted by Crippen LogP contribution is -2.33. The molecule has 34 heavy (non-hydrogen) atoms. The molecule has 2 aromatic carbocycles. The zero-order valence-corrected chi connectivity index (χ0v) is 17.4. The molecule has 0 amide bonds. The minimum absolute atomic E-state index is 0.000655. The van der Waals surface area contributed by atoms with E-state index in [1.54, 1.807) is 0 Å². The summed E-state index contributed by atoms with van der Waals surface area (Å²) in [7, 11) is 0. The topological polar surface area (TPSA) is 154 Å². The third-order valence-electron chi connectivity index (χ3n) is 4.90. The van der Waals surface area contributed by atoms with Gasteiger partial charge in [0.1, 0.15) is 5.82 Å². The number of halogens is 3.